The first-order valence-electron chi connectivity index (χ1n) is 12.8. The average molecular weight is 469 g/mol. The second-order valence-electron chi connectivity index (χ2n) is 9.65. The zero-order chi connectivity index (χ0) is 23.8. The fourth-order valence-electron chi connectivity index (χ4n) is 5.44. The Hall–Kier alpha value is -3.45. The van der Waals surface area contributed by atoms with Crippen LogP contribution in [0.2, 0.25) is 0 Å². The summed E-state index contributed by atoms with van der Waals surface area (Å²) in [5.41, 5.74) is 5.32. The highest BCUT2D eigenvalue weighted by atomic mass is 16.3. The van der Waals surface area contributed by atoms with Crippen molar-refractivity contribution in [2.24, 2.45) is 0 Å². The van der Waals surface area contributed by atoms with E-state index in [0.717, 1.165) is 80.4 Å². The first kappa shape index (κ1) is 22.0. The second kappa shape index (κ2) is 9.30. The number of hydrogen-bond donors (Lipinski definition) is 1. The first-order valence-corrected chi connectivity index (χ1v) is 12.8. The lowest BCUT2D eigenvalue weighted by Crippen LogP contribution is -2.36. The Morgan fingerprint density at radius 1 is 0.943 bits per heavy atom. The molecule has 7 heteroatoms. The maximum atomic E-state index is 9.86. The molecule has 6 rings (SSSR count). The van der Waals surface area contributed by atoms with Gasteiger partial charge >= 0.3 is 0 Å². The smallest absolute Gasteiger partial charge is 0.154 e. The van der Waals surface area contributed by atoms with Gasteiger partial charge in [0.25, 0.3) is 0 Å². The van der Waals surface area contributed by atoms with Crippen LogP contribution in [0.25, 0.3) is 17.0 Å². The van der Waals surface area contributed by atoms with E-state index >= 15 is 0 Å². The van der Waals surface area contributed by atoms with E-state index in [1.807, 2.05) is 28.9 Å². The van der Waals surface area contributed by atoms with E-state index in [1.54, 1.807) is 0 Å². The highest BCUT2D eigenvalue weighted by molar-refractivity contribution is 5.62. The fourth-order valence-corrected chi connectivity index (χ4v) is 5.44. The molecule has 1 atom stereocenters. The van der Waals surface area contributed by atoms with Crippen molar-refractivity contribution in [1.82, 2.24) is 19.6 Å². The minimum Gasteiger partial charge on any atom is -0.393 e. The summed E-state index contributed by atoms with van der Waals surface area (Å²) in [5, 5.41) is 14.9. The van der Waals surface area contributed by atoms with Gasteiger partial charge in [-0.3, -0.25) is 0 Å². The number of pyridine rings is 1. The van der Waals surface area contributed by atoms with E-state index < -0.39 is 0 Å². The molecule has 0 spiro atoms. The van der Waals surface area contributed by atoms with Crippen molar-refractivity contribution in [1.29, 1.82) is 0 Å². The standard InChI is InChI=1S/C28H32N6O/c1-2-20-6-3-7-21(18-20)24-9-5-15-33(24)28-12-11-26-29-19-25(34(26)31-28)23-8-4-10-27(30-23)32-16-13-22(35)14-17-32/h3-4,6-8,10-12,18-19,22,24,35H,2,5,9,13-17H2,1H3. The Balaban J connectivity index is 1.33. The van der Waals surface area contributed by atoms with Crippen LogP contribution in [0.4, 0.5) is 11.6 Å². The monoisotopic (exact) mass is 468 g/mol. The third-order valence-corrected chi connectivity index (χ3v) is 7.42. The van der Waals surface area contributed by atoms with Gasteiger partial charge in [0.15, 0.2) is 5.65 Å². The van der Waals surface area contributed by atoms with Crippen molar-refractivity contribution in [2.75, 3.05) is 29.4 Å². The summed E-state index contributed by atoms with van der Waals surface area (Å²) in [6, 6.07) is 19.6. The number of nitrogens with zero attached hydrogens (tertiary/aromatic N) is 6. The van der Waals surface area contributed by atoms with Gasteiger partial charge in [0.05, 0.1) is 24.0 Å². The Morgan fingerprint density at radius 2 is 1.80 bits per heavy atom. The Bertz CT molecular complexity index is 1330. The van der Waals surface area contributed by atoms with Gasteiger partial charge in [0.2, 0.25) is 0 Å². The number of piperidine rings is 1. The largest absolute Gasteiger partial charge is 0.393 e. The molecule has 0 bridgehead atoms. The SMILES string of the molecule is CCc1cccc(C2CCCN2c2ccc3ncc(-c4cccc(N5CCC(O)CC5)n4)n3n2)c1. The summed E-state index contributed by atoms with van der Waals surface area (Å²) in [6.07, 6.45) is 6.57. The lowest BCUT2D eigenvalue weighted by Gasteiger charge is -2.30. The number of aliphatic hydroxyl groups is 1. The Kier molecular flexibility index (Phi) is 5.86. The van der Waals surface area contributed by atoms with Gasteiger partial charge in [-0.1, -0.05) is 37.3 Å². The van der Waals surface area contributed by atoms with Crippen molar-refractivity contribution < 1.29 is 5.11 Å². The molecule has 3 aromatic heterocycles. The van der Waals surface area contributed by atoms with Crippen molar-refractivity contribution in [2.45, 2.75) is 51.2 Å². The molecule has 5 heterocycles. The molecule has 2 saturated heterocycles. The van der Waals surface area contributed by atoms with Crippen LogP contribution in [0, 0.1) is 0 Å². The molecule has 0 saturated carbocycles. The number of aryl methyl sites for hydroxylation is 1. The zero-order valence-corrected chi connectivity index (χ0v) is 20.2. The van der Waals surface area contributed by atoms with Crippen molar-refractivity contribution >= 4 is 17.3 Å². The van der Waals surface area contributed by atoms with Crippen molar-refractivity contribution in [3.63, 3.8) is 0 Å². The summed E-state index contributed by atoms with van der Waals surface area (Å²) in [4.78, 5) is 14.2. The number of benzene rings is 1. The maximum absolute atomic E-state index is 9.86. The summed E-state index contributed by atoms with van der Waals surface area (Å²) >= 11 is 0. The number of hydrogen-bond acceptors (Lipinski definition) is 6. The van der Waals surface area contributed by atoms with E-state index in [0.29, 0.717) is 6.04 Å². The van der Waals surface area contributed by atoms with Gasteiger partial charge in [-0.15, -0.1) is 5.10 Å². The minimum absolute atomic E-state index is 0.199. The molecule has 0 aliphatic carbocycles. The lowest BCUT2D eigenvalue weighted by molar-refractivity contribution is 0.145. The number of aliphatic hydroxyl groups excluding tert-OH is 1. The van der Waals surface area contributed by atoms with Gasteiger partial charge in [0.1, 0.15) is 17.3 Å². The molecule has 0 amide bonds. The second-order valence-corrected chi connectivity index (χ2v) is 9.65. The molecular weight excluding hydrogens is 436 g/mol. The van der Waals surface area contributed by atoms with Crippen molar-refractivity contribution in [3.8, 4) is 11.4 Å². The molecule has 1 N–H and O–H groups in total. The first-order chi connectivity index (χ1) is 17.2. The van der Waals surface area contributed by atoms with Crippen LogP contribution >= 0.6 is 0 Å². The van der Waals surface area contributed by atoms with Crippen LogP contribution in [0.5, 0.6) is 0 Å². The molecule has 4 aromatic rings. The third-order valence-electron chi connectivity index (χ3n) is 7.42. The average Bonchev–Trinajstić information content (AvgIpc) is 3.56. The number of rotatable bonds is 5. The molecule has 1 aromatic carbocycles. The van der Waals surface area contributed by atoms with Crippen LogP contribution in [-0.2, 0) is 6.42 Å². The highest BCUT2D eigenvalue weighted by Gasteiger charge is 2.28. The molecule has 180 valence electrons. The molecule has 2 aliphatic heterocycles. The van der Waals surface area contributed by atoms with E-state index in [-0.39, 0.29) is 6.10 Å². The van der Waals surface area contributed by atoms with Gasteiger partial charge in [0, 0.05) is 19.6 Å². The van der Waals surface area contributed by atoms with Gasteiger partial charge < -0.3 is 14.9 Å². The molecule has 2 aliphatic rings. The number of aromatic nitrogens is 4. The van der Waals surface area contributed by atoms with Gasteiger partial charge in [-0.25, -0.2) is 14.5 Å². The Labute approximate surface area is 206 Å². The summed E-state index contributed by atoms with van der Waals surface area (Å²) in [7, 11) is 0. The van der Waals surface area contributed by atoms with Crippen molar-refractivity contribution in [3.05, 3.63) is 71.9 Å². The molecule has 2 fully saturated rings. The molecular formula is C28H32N6O. The fraction of sp³-hybridized carbons (Fsp3) is 0.393. The van der Waals surface area contributed by atoms with Crippen LogP contribution in [-0.4, -0.2) is 50.4 Å². The topological polar surface area (TPSA) is 69.8 Å². The summed E-state index contributed by atoms with van der Waals surface area (Å²) in [6.45, 7) is 4.85. The summed E-state index contributed by atoms with van der Waals surface area (Å²) in [5.74, 6) is 1.92. The molecule has 1 unspecified atom stereocenters. The predicted molar refractivity (Wildman–Crippen MR) is 139 cm³/mol. The number of fused-ring (bicyclic) bond motifs is 1. The maximum Gasteiger partial charge on any atom is 0.154 e. The number of anilines is 2. The highest BCUT2D eigenvalue weighted by Crippen LogP contribution is 2.36. The van der Waals surface area contributed by atoms with Crippen LogP contribution in [0.3, 0.4) is 0 Å². The predicted octanol–water partition coefficient (Wildman–Crippen LogP) is 4.66. The summed E-state index contributed by atoms with van der Waals surface area (Å²) < 4.78 is 1.93. The quantitative estimate of drug-likeness (QED) is 0.460. The molecule has 7 nitrogen and oxygen atoms in total. The van der Waals surface area contributed by atoms with E-state index in [4.69, 9.17) is 10.1 Å². The molecule has 35 heavy (non-hydrogen) atoms. The minimum atomic E-state index is -0.199. The van der Waals surface area contributed by atoms with Gasteiger partial charge in [-0.2, -0.15) is 0 Å². The lowest BCUT2D eigenvalue weighted by atomic mass is 10.0. The van der Waals surface area contributed by atoms with E-state index in [2.05, 4.69) is 58.1 Å². The van der Waals surface area contributed by atoms with E-state index in [9.17, 15) is 5.11 Å². The van der Waals surface area contributed by atoms with Crippen LogP contribution in [0.1, 0.15) is 49.8 Å². The normalized spacial score (nSPS) is 19.1. The van der Waals surface area contributed by atoms with Crippen LogP contribution in [0.15, 0.2) is 60.8 Å². The third kappa shape index (κ3) is 4.25. The Morgan fingerprint density at radius 3 is 2.66 bits per heavy atom. The number of imidazole rings is 1. The van der Waals surface area contributed by atoms with E-state index in [1.165, 1.54) is 11.1 Å². The van der Waals surface area contributed by atoms with Gasteiger partial charge in [-0.05, 0) is 67.5 Å². The van der Waals surface area contributed by atoms with Crippen LogP contribution < -0.4 is 9.80 Å². The molecule has 0 radical (unpaired) electrons. The zero-order valence-electron chi connectivity index (χ0n) is 20.2.